The second-order valence-electron chi connectivity index (χ2n) is 10.6. The zero-order valence-electron chi connectivity index (χ0n) is 23.0. The summed E-state index contributed by atoms with van der Waals surface area (Å²) in [6.07, 6.45) is 0.407. The Labute approximate surface area is 223 Å². The fraction of sp³-hybridized carbons (Fsp3) is 0.147. The van der Waals surface area contributed by atoms with Gasteiger partial charge in [0, 0.05) is 40.7 Å². The first-order valence-electron chi connectivity index (χ1n) is 13.6. The van der Waals surface area contributed by atoms with Crippen molar-refractivity contribution < 1.29 is 7.16 Å². The van der Waals surface area contributed by atoms with E-state index in [1.807, 2.05) is 57.3 Å². The number of thiophene rings is 1. The van der Waals surface area contributed by atoms with E-state index in [0.29, 0.717) is 5.56 Å². The number of aromatic nitrogens is 1. The van der Waals surface area contributed by atoms with Crippen LogP contribution < -0.4 is 0 Å². The van der Waals surface area contributed by atoms with Gasteiger partial charge in [0.05, 0.1) is 10.4 Å². The molecular formula is C34H27NOS. The fourth-order valence-electron chi connectivity index (χ4n) is 5.18. The van der Waals surface area contributed by atoms with Crippen molar-refractivity contribution in [3.63, 3.8) is 0 Å². The van der Waals surface area contributed by atoms with Gasteiger partial charge in [-0.2, -0.15) is 0 Å². The number of para-hydroxylation sites is 1. The summed E-state index contributed by atoms with van der Waals surface area (Å²) in [5.74, 6) is 0. The van der Waals surface area contributed by atoms with Crippen LogP contribution in [0.4, 0.5) is 0 Å². The van der Waals surface area contributed by atoms with Crippen LogP contribution >= 0.6 is 11.3 Å². The van der Waals surface area contributed by atoms with Crippen LogP contribution in [0, 0.1) is 5.41 Å². The summed E-state index contributed by atoms with van der Waals surface area (Å²) in [7, 11) is 0. The van der Waals surface area contributed by atoms with E-state index in [1.165, 1.54) is 20.2 Å². The molecule has 0 atom stereocenters. The van der Waals surface area contributed by atoms with Crippen LogP contribution in [0.5, 0.6) is 0 Å². The molecule has 2 nitrogen and oxygen atoms in total. The lowest BCUT2D eigenvalue weighted by Crippen LogP contribution is -2.08. The summed E-state index contributed by atoms with van der Waals surface area (Å²) >= 11 is 1.78. The molecule has 180 valence electrons. The molecule has 7 rings (SSSR count). The van der Waals surface area contributed by atoms with Crippen LogP contribution in [0.25, 0.3) is 64.5 Å². The Morgan fingerprint density at radius 3 is 2.35 bits per heavy atom. The van der Waals surface area contributed by atoms with Crippen molar-refractivity contribution in [2.24, 2.45) is 5.41 Å². The van der Waals surface area contributed by atoms with E-state index in [2.05, 4.69) is 60.7 Å². The van der Waals surface area contributed by atoms with Crippen molar-refractivity contribution in [2.45, 2.75) is 27.1 Å². The average molecular weight is 500 g/mol. The van der Waals surface area contributed by atoms with Crippen LogP contribution in [-0.4, -0.2) is 4.98 Å². The minimum absolute atomic E-state index is 0.495. The number of benzene rings is 4. The average Bonchev–Trinajstić information content (AvgIpc) is 3.51. The smallest absolute Gasteiger partial charge is 0.153 e. The number of hydrogen-bond acceptors (Lipinski definition) is 3. The number of fused-ring (bicyclic) bond motifs is 7. The highest BCUT2D eigenvalue weighted by atomic mass is 32.1. The molecule has 0 aliphatic heterocycles. The Morgan fingerprint density at radius 2 is 1.51 bits per heavy atom. The molecule has 3 heterocycles. The maximum absolute atomic E-state index is 8.59. The third-order valence-corrected chi connectivity index (χ3v) is 7.97. The van der Waals surface area contributed by atoms with Gasteiger partial charge >= 0.3 is 0 Å². The van der Waals surface area contributed by atoms with E-state index in [1.54, 1.807) is 11.3 Å². The zero-order chi connectivity index (χ0) is 26.9. The number of rotatable bonds is 3. The van der Waals surface area contributed by atoms with Crippen molar-refractivity contribution in [1.82, 2.24) is 4.98 Å². The SMILES string of the molecule is [2H]C([2H])(c1ccc(-c2ccnc(-c3cccc4c3oc3c4ccc4c5ccccc5sc43)c2)cc1)C(C)(C)C. The van der Waals surface area contributed by atoms with Crippen LogP contribution in [-0.2, 0) is 6.37 Å². The molecule has 0 bridgehead atoms. The van der Waals surface area contributed by atoms with E-state index in [0.717, 1.165) is 44.3 Å². The molecule has 0 aliphatic rings. The lowest BCUT2D eigenvalue weighted by atomic mass is 9.87. The highest BCUT2D eigenvalue weighted by Gasteiger charge is 2.17. The molecule has 0 radical (unpaired) electrons. The summed E-state index contributed by atoms with van der Waals surface area (Å²) in [5, 5.41) is 4.69. The van der Waals surface area contributed by atoms with Crippen molar-refractivity contribution in [3.05, 3.63) is 103 Å². The van der Waals surface area contributed by atoms with Gasteiger partial charge in [-0.15, -0.1) is 11.3 Å². The third-order valence-electron chi connectivity index (χ3n) is 6.78. The number of hydrogen-bond donors (Lipinski definition) is 0. The normalized spacial score (nSPS) is 13.5. The molecule has 0 saturated carbocycles. The summed E-state index contributed by atoms with van der Waals surface area (Å²) in [4.78, 5) is 4.72. The Bertz CT molecular complexity index is 2030. The van der Waals surface area contributed by atoms with Crippen molar-refractivity contribution in [2.75, 3.05) is 0 Å². The maximum atomic E-state index is 8.59. The molecule has 3 heteroatoms. The topological polar surface area (TPSA) is 26.0 Å². The van der Waals surface area contributed by atoms with Gasteiger partial charge in [0.15, 0.2) is 5.58 Å². The first-order chi connectivity index (χ1) is 18.7. The summed E-state index contributed by atoms with van der Waals surface area (Å²) in [6, 6.07) is 31.0. The summed E-state index contributed by atoms with van der Waals surface area (Å²) in [6.45, 7) is 5.79. The standard InChI is InChI=1S/C34H27NOS/c1-34(2,3)20-21-11-13-22(14-12-21)23-17-18-35-29(19-23)28-9-6-8-25-26-15-16-27-24-7-4-5-10-30(24)37-33(27)32(26)36-31(25)28/h4-19H,20H2,1-3H3/i20D2. The van der Waals surface area contributed by atoms with Gasteiger partial charge in [-0.1, -0.05) is 81.4 Å². The quantitative estimate of drug-likeness (QED) is 0.242. The van der Waals surface area contributed by atoms with Gasteiger partial charge in [-0.05, 0) is 58.8 Å². The van der Waals surface area contributed by atoms with Crippen LogP contribution in [0.15, 0.2) is 102 Å². The molecule has 37 heavy (non-hydrogen) atoms. The number of nitrogens with zero attached hydrogens (tertiary/aromatic N) is 1. The molecule has 0 aliphatic carbocycles. The van der Waals surface area contributed by atoms with Crippen molar-refractivity contribution in [3.8, 4) is 22.4 Å². The largest absolute Gasteiger partial charge is 0.454 e. The molecule has 0 fully saturated rings. The van der Waals surface area contributed by atoms with Gasteiger partial charge in [-0.3, -0.25) is 4.98 Å². The molecule has 0 unspecified atom stereocenters. The van der Waals surface area contributed by atoms with E-state index < -0.39 is 11.8 Å². The van der Waals surface area contributed by atoms with Gasteiger partial charge in [0.2, 0.25) is 0 Å². The molecule has 0 amide bonds. The summed E-state index contributed by atoms with van der Waals surface area (Å²) < 4.78 is 26.3. The van der Waals surface area contributed by atoms with E-state index in [4.69, 9.17) is 12.1 Å². The number of furan rings is 1. The monoisotopic (exact) mass is 499 g/mol. The minimum Gasteiger partial charge on any atom is -0.454 e. The minimum atomic E-state index is -1.42. The zero-order valence-corrected chi connectivity index (χ0v) is 21.8. The first kappa shape index (κ1) is 20.1. The molecular weight excluding hydrogens is 470 g/mol. The van der Waals surface area contributed by atoms with Gasteiger partial charge in [-0.25, -0.2) is 0 Å². The van der Waals surface area contributed by atoms with Gasteiger partial charge in [0.1, 0.15) is 5.58 Å². The molecule has 0 saturated heterocycles. The van der Waals surface area contributed by atoms with E-state index in [9.17, 15) is 0 Å². The van der Waals surface area contributed by atoms with Gasteiger partial charge in [0.25, 0.3) is 0 Å². The lowest BCUT2D eigenvalue weighted by molar-refractivity contribution is 0.411. The highest BCUT2D eigenvalue weighted by molar-refractivity contribution is 7.26. The Balaban J connectivity index is 1.34. The molecule has 0 N–H and O–H groups in total. The molecule has 0 spiro atoms. The van der Waals surface area contributed by atoms with Crippen LogP contribution in [0.2, 0.25) is 0 Å². The van der Waals surface area contributed by atoms with Crippen molar-refractivity contribution >= 4 is 53.4 Å². The lowest BCUT2D eigenvalue weighted by Gasteiger charge is -2.18. The predicted molar refractivity (Wildman–Crippen MR) is 158 cm³/mol. The third kappa shape index (κ3) is 3.82. The maximum Gasteiger partial charge on any atom is 0.153 e. The summed E-state index contributed by atoms with van der Waals surface area (Å²) in [5.41, 5.74) is 5.82. The first-order valence-corrected chi connectivity index (χ1v) is 13.4. The Kier molecular flexibility index (Phi) is 4.51. The Morgan fingerprint density at radius 1 is 0.757 bits per heavy atom. The number of pyridine rings is 1. The molecule has 4 aromatic carbocycles. The van der Waals surface area contributed by atoms with E-state index >= 15 is 0 Å². The van der Waals surface area contributed by atoms with E-state index in [-0.39, 0.29) is 0 Å². The second-order valence-corrected chi connectivity index (χ2v) is 11.6. The highest BCUT2D eigenvalue weighted by Crippen LogP contribution is 2.43. The Hall–Kier alpha value is -3.95. The fourth-order valence-corrected chi connectivity index (χ4v) is 6.36. The van der Waals surface area contributed by atoms with Crippen LogP contribution in [0.3, 0.4) is 0 Å². The van der Waals surface area contributed by atoms with Gasteiger partial charge < -0.3 is 4.42 Å². The second kappa shape index (κ2) is 8.29. The molecule has 7 aromatic rings. The van der Waals surface area contributed by atoms with Crippen LogP contribution in [0.1, 0.15) is 29.1 Å². The van der Waals surface area contributed by atoms with Crippen molar-refractivity contribution in [1.29, 1.82) is 0 Å². The molecule has 3 aromatic heterocycles. The predicted octanol–water partition coefficient (Wildman–Crippen LogP) is 10.3.